The molecule has 0 atom stereocenters. The van der Waals surface area contributed by atoms with Crippen LogP contribution in [0.15, 0.2) is 48.5 Å². The highest BCUT2D eigenvalue weighted by Crippen LogP contribution is 2.26. The number of hydrogen-bond donors (Lipinski definition) is 0. The van der Waals surface area contributed by atoms with Crippen molar-refractivity contribution in [2.75, 3.05) is 7.11 Å². The number of aryl methyl sites for hydroxylation is 1. The number of nitriles is 1. The van der Waals surface area contributed by atoms with E-state index in [9.17, 15) is 5.26 Å². The number of ether oxygens (including phenoxy) is 1. The molecule has 3 aromatic rings. The van der Waals surface area contributed by atoms with Gasteiger partial charge >= 0.3 is 0 Å². The van der Waals surface area contributed by atoms with Crippen LogP contribution in [0.25, 0.3) is 10.9 Å². The first-order chi connectivity index (χ1) is 10.2. The number of nitrogens with zero attached hydrogens (tertiary/aromatic N) is 2. The minimum atomic E-state index is 0.734. The number of methoxy groups -OCH3 is 1. The van der Waals surface area contributed by atoms with Gasteiger partial charge in [-0.2, -0.15) is 5.26 Å². The number of rotatable bonds is 3. The van der Waals surface area contributed by atoms with Gasteiger partial charge in [-0.3, -0.25) is 0 Å². The zero-order valence-corrected chi connectivity index (χ0v) is 12.1. The van der Waals surface area contributed by atoms with Crippen LogP contribution in [-0.4, -0.2) is 11.7 Å². The van der Waals surface area contributed by atoms with Gasteiger partial charge in [-0.1, -0.05) is 30.3 Å². The van der Waals surface area contributed by atoms with Crippen molar-refractivity contribution in [2.24, 2.45) is 7.05 Å². The molecule has 0 radical (unpaired) electrons. The van der Waals surface area contributed by atoms with E-state index in [2.05, 4.69) is 10.6 Å². The maximum Gasteiger partial charge on any atom is 0.118 e. The van der Waals surface area contributed by atoms with Gasteiger partial charge in [0.15, 0.2) is 0 Å². The minimum Gasteiger partial charge on any atom is -0.497 e. The van der Waals surface area contributed by atoms with Crippen molar-refractivity contribution in [1.29, 1.82) is 5.26 Å². The third-order valence-electron chi connectivity index (χ3n) is 3.87. The molecule has 1 heterocycles. The molecule has 3 heteroatoms. The lowest BCUT2D eigenvalue weighted by atomic mass is 10.1. The molecule has 104 valence electrons. The Morgan fingerprint density at radius 3 is 2.48 bits per heavy atom. The third-order valence-corrected chi connectivity index (χ3v) is 3.87. The topological polar surface area (TPSA) is 37.9 Å². The molecule has 3 rings (SSSR count). The summed E-state index contributed by atoms with van der Waals surface area (Å²) in [5.74, 6) is 0.844. The second-order valence-corrected chi connectivity index (χ2v) is 5.03. The maximum absolute atomic E-state index is 9.51. The molecule has 0 bridgehead atoms. The van der Waals surface area contributed by atoms with E-state index in [-0.39, 0.29) is 0 Å². The molecule has 0 saturated heterocycles. The molecule has 1 aromatic heterocycles. The van der Waals surface area contributed by atoms with Crippen LogP contribution in [0.2, 0.25) is 0 Å². The van der Waals surface area contributed by atoms with Gasteiger partial charge in [-0.25, -0.2) is 0 Å². The summed E-state index contributed by atoms with van der Waals surface area (Å²) < 4.78 is 7.29. The first kappa shape index (κ1) is 13.3. The molecular weight excluding hydrogens is 260 g/mol. The highest BCUT2D eigenvalue weighted by atomic mass is 16.5. The summed E-state index contributed by atoms with van der Waals surface area (Å²) in [6.07, 6.45) is 0.734. The van der Waals surface area contributed by atoms with Gasteiger partial charge in [-0.15, -0.1) is 0 Å². The van der Waals surface area contributed by atoms with Crippen molar-refractivity contribution < 1.29 is 4.74 Å². The Balaban J connectivity index is 2.07. The first-order valence-corrected chi connectivity index (χ1v) is 6.84. The fourth-order valence-corrected chi connectivity index (χ4v) is 2.71. The molecule has 0 saturated carbocycles. The van der Waals surface area contributed by atoms with Crippen LogP contribution in [0, 0.1) is 11.3 Å². The lowest BCUT2D eigenvalue weighted by Gasteiger charge is -2.06. The highest BCUT2D eigenvalue weighted by molar-refractivity contribution is 5.88. The van der Waals surface area contributed by atoms with Crippen molar-refractivity contribution in [2.45, 2.75) is 6.42 Å². The molecule has 0 N–H and O–H groups in total. The molecule has 0 unspecified atom stereocenters. The number of fused-ring (bicyclic) bond motifs is 1. The molecular formula is C18H16N2O. The van der Waals surface area contributed by atoms with E-state index in [4.69, 9.17) is 4.74 Å². The Kier molecular flexibility index (Phi) is 3.37. The van der Waals surface area contributed by atoms with Crippen LogP contribution in [0.4, 0.5) is 0 Å². The van der Waals surface area contributed by atoms with Crippen molar-refractivity contribution in [1.82, 2.24) is 4.57 Å². The Bertz CT molecular complexity index is 823. The Morgan fingerprint density at radius 2 is 1.81 bits per heavy atom. The lowest BCUT2D eigenvalue weighted by Crippen LogP contribution is -1.99. The molecule has 0 amide bonds. The maximum atomic E-state index is 9.51. The van der Waals surface area contributed by atoms with Gasteiger partial charge in [0.1, 0.15) is 11.8 Å². The quantitative estimate of drug-likeness (QED) is 0.732. The van der Waals surface area contributed by atoms with E-state index in [1.807, 2.05) is 55.6 Å². The summed E-state index contributed by atoms with van der Waals surface area (Å²) in [5.41, 5.74) is 4.07. The zero-order chi connectivity index (χ0) is 14.8. The molecule has 0 aliphatic carbocycles. The Morgan fingerprint density at radius 1 is 1.10 bits per heavy atom. The van der Waals surface area contributed by atoms with Crippen molar-refractivity contribution >= 4 is 10.9 Å². The SMILES string of the molecule is COc1ccc(Cc2c(C#N)c3ccccc3n2C)cc1. The second kappa shape index (κ2) is 5.34. The standard InChI is InChI=1S/C18H16N2O/c1-20-17-6-4-3-5-15(17)16(12-19)18(20)11-13-7-9-14(21-2)10-8-13/h3-10H,11H2,1-2H3. The van der Waals surface area contributed by atoms with Crippen LogP contribution in [0.5, 0.6) is 5.75 Å². The van der Waals surface area contributed by atoms with E-state index in [0.717, 1.165) is 34.3 Å². The molecule has 0 spiro atoms. The van der Waals surface area contributed by atoms with Gasteiger partial charge in [0, 0.05) is 30.1 Å². The molecule has 0 aliphatic rings. The third kappa shape index (κ3) is 2.25. The Hall–Kier alpha value is -2.73. The van der Waals surface area contributed by atoms with Crippen molar-refractivity contribution in [3.05, 3.63) is 65.4 Å². The van der Waals surface area contributed by atoms with Crippen molar-refractivity contribution in [3.8, 4) is 11.8 Å². The van der Waals surface area contributed by atoms with Gasteiger partial charge < -0.3 is 9.30 Å². The van der Waals surface area contributed by atoms with E-state index in [1.54, 1.807) is 7.11 Å². The molecule has 3 nitrogen and oxygen atoms in total. The smallest absolute Gasteiger partial charge is 0.118 e. The lowest BCUT2D eigenvalue weighted by molar-refractivity contribution is 0.414. The van der Waals surface area contributed by atoms with Gasteiger partial charge in [0.25, 0.3) is 0 Å². The molecule has 0 fully saturated rings. The summed E-state index contributed by atoms with van der Waals surface area (Å²) in [5, 5.41) is 10.5. The van der Waals surface area contributed by atoms with Crippen molar-refractivity contribution in [3.63, 3.8) is 0 Å². The normalized spacial score (nSPS) is 10.5. The summed E-state index contributed by atoms with van der Waals surface area (Å²) in [6, 6.07) is 18.4. The number of para-hydroxylation sites is 1. The number of benzene rings is 2. The molecule has 0 aliphatic heterocycles. The van der Waals surface area contributed by atoms with E-state index in [1.165, 1.54) is 5.56 Å². The van der Waals surface area contributed by atoms with E-state index < -0.39 is 0 Å². The fraction of sp³-hybridized carbons (Fsp3) is 0.167. The largest absolute Gasteiger partial charge is 0.497 e. The predicted octanol–water partition coefficient (Wildman–Crippen LogP) is 3.65. The summed E-state index contributed by atoms with van der Waals surface area (Å²) >= 11 is 0. The van der Waals surface area contributed by atoms with E-state index in [0.29, 0.717) is 0 Å². The number of aromatic nitrogens is 1. The van der Waals surface area contributed by atoms with Gasteiger partial charge in [0.2, 0.25) is 0 Å². The van der Waals surface area contributed by atoms with Crippen LogP contribution in [0.1, 0.15) is 16.8 Å². The fourth-order valence-electron chi connectivity index (χ4n) is 2.71. The average molecular weight is 276 g/mol. The van der Waals surface area contributed by atoms with Gasteiger partial charge in [-0.05, 0) is 23.8 Å². The molecule has 21 heavy (non-hydrogen) atoms. The van der Waals surface area contributed by atoms with E-state index >= 15 is 0 Å². The summed E-state index contributed by atoms with van der Waals surface area (Å²) in [4.78, 5) is 0. The molecule has 2 aromatic carbocycles. The monoisotopic (exact) mass is 276 g/mol. The highest BCUT2D eigenvalue weighted by Gasteiger charge is 2.14. The summed E-state index contributed by atoms with van der Waals surface area (Å²) in [7, 11) is 3.68. The van der Waals surface area contributed by atoms with Crippen LogP contribution in [0.3, 0.4) is 0 Å². The van der Waals surface area contributed by atoms with Gasteiger partial charge in [0.05, 0.1) is 12.7 Å². The summed E-state index contributed by atoms with van der Waals surface area (Å²) in [6.45, 7) is 0. The van der Waals surface area contributed by atoms with Crippen LogP contribution < -0.4 is 4.74 Å². The minimum absolute atomic E-state index is 0.734. The van der Waals surface area contributed by atoms with Crippen LogP contribution in [-0.2, 0) is 13.5 Å². The predicted molar refractivity (Wildman–Crippen MR) is 83.4 cm³/mol. The first-order valence-electron chi connectivity index (χ1n) is 6.84. The zero-order valence-electron chi connectivity index (χ0n) is 12.1. The second-order valence-electron chi connectivity index (χ2n) is 5.03. The number of hydrogen-bond acceptors (Lipinski definition) is 2. The average Bonchev–Trinajstić information content (AvgIpc) is 2.80. The Labute approximate surface area is 124 Å². The van der Waals surface area contributed by atoms with Crippen LogP contribution >= 0.6 is 0 Å².